The van der Waals surface area contributed by atoms with Gasteiger partial charge in [0, 0.05) is 31.5 Å². The smallest absolute Gasteiger partial charge is 0.272 e. The molecule has 0 unspecified atom stereocenters. The highest BCUT2D eigenvalue weighted by molar-refractivity contribution is 7.89. The Morgan fingerprint density at radius 2 is 1.69 bits per heavy atom. The van der Waals surface area contributed by atoms with Crippen LogP contribution in [0.1, 0.15) is 18.4 Å². The van der Waals surface area contributed by atoms with Gasteiger partial charge in [0.05, 0.1) is 12.0 Å². The lowest BCUT2D eigenvalue weighted by Crippen LogP contribution is -2.52. The summed E-state index contributed by atoms with van der Waals surface area (Å²) in [6, 6.07) is 11.8. The van der Waals surface area contributed by atoms with Gasteiger partial charge in [-0.3, -0.25) is 9.79 Å². The SMILES string of the molecule is COc1ccc(S(=O)(=O)N2CCC3(CC2)N=C(c2ccc(F)cc2)C(=O)N3)cc1. The van der Waals surface area contributed by atoms with Gasteiger partial charge in [-0.05, 0) is 48.5 Å². The first-order valence-corrected chi connectivity index (χ1v) is 10.6. The molecule has 2 heterocycles. The van der Waals surface area contributed by atoms with Gasteiger partial charge in [-0.25, -0.2) is 12.8 Å². The molecular formula is C20H20FN3O4S. The second-order valence-electron chi connectivity index (χ2n) is 7.03. The minimum atomic E-state index is -3.64. The summed E-state index contributed by atoms with van der Waals surface area (Å²) in [6.45, 7) is 0.462. The molecule has 1 fully saturated rings. The number of rotatable bonds is 4. The fourth-order valence-corrected chi connectivity index (χ4v) is 5.04. The van der Waals surface area contributed by atoms with Crippen LogP contribution in [0.5, 0.6) is 5.75 Å². The van der Waals surface area contributed by atoms with E-state index in [9.17, 15) is 17.6 Å². The summed E-state index contributed by atoms with van der Waals surface area (Å²) >= 11 is 0. The average molecular weight is 417 g/mol. The Balaban J connectivity index is 1.51. The first-order valence-electron chi connectivity index (χ1n) is 9.16. The number of piperidine rings is 1. The zero-order chi connectivity index (χ0) is 20.6. The van der Waals surface area contributed by atoms with E-state index in [2.05, 4.69) is 10.3 Å². The van der Waals surface area contributed by atoms with E-state index in [1.54, 1.807) is 12.1 Å². The molecule has 1 amide bonds. The molecule has 29 heavy (non-hydrogen) atoms. The first-order chi connectivity index (χ1) is 13.8. The molecular weight excluding hydrogens is 397 g/mol. The molecule has 152 valence electrons. The number of hydrogen-bond acceptors (Lipinski definition) is 5. The maximum atomic E-state index is 13.1. The lowest BCUT2D eigenvalue weighted by Gasteiger charge is -2.36. The van der Waals surface area contributed by atoms with E-state index in [0.29, 0.717) is 24.2 Å². The summed E-state index contributed by atoms with van der Waals surface area (Å²) in [6.07, 6.45) is 0.720. The Morgan fingerprint density at radius 1 is 1.07 bits per heavy atom. The zero-order valence-electron chi connectivity index (χ0n) is 15.8. The van der Waals surface area contributed by atoms with Crippen molar-refractivity contribution in [3.63, 3.8) is 0 Å². The van der Waals surface area contributed by atoms with Gasteiger partial charge in [-0.1, -0.05) is 0 Å². The summed E-state index contributed by atoms with van der Waals surface area (Å²) in [5.41, 5.74) is -0.0438. The summed E-state index contributed by atoms with van der Waals surface area (Å²) < 4.78 is 45.4. The number of sulfonamides is 1. The second kappa shape index (κ2) is 7.23. The summed E-state index contributed by atoms with van der Waals surface area (Å²) in [4.78, 5) is 17.2. The Kier molecular flexibility index (Phi) is 4.87. The number of halogens is 1. The van der Waals surface area contributed by atoms with Crippen molar-refractivity contribution in [2.45, 2.75) is 23.4 Å². The van der Waals surface area contributed by atoms with Gasteiger partial charge in [0.1, 0.15) is 22.9 Å². The summed E-state index contributed by atoms with van der Waals surface area (Å²) in [5.74, 6) is -0.138. The molecule has 7 nitrogen and oxygen atoms in total. The van der Waals surface area contributed by atoms with E-state index in [4.69, 9.17) is 4.74 Å². The maximum absolute atomic E-state index is 13.1. The second-order valence-corrected chi connectivity index (χ2v) is 8.97. The highest BCUT2D eigenvalue weighted by Crippen LogP contribution is 2.31. The number of carbonyl (C=O) groups is 1. The topological polar surface area (TPSA) is 88.1 Å². The predicted molar refractivity (Wildman–Crippen MR) is 105 cm³/mol. The van der Waals surface area contributed by atoms with Gasteiger partial charge < -0.3 is 10.1 Å². The zero-order valence-corrected chi connectivity index (χ0v) is 16.6. The van der Waals surface area contributed by atoms with E-state index in [-0.39, 0.29) is 35.4 Å². The molecule has 2 aliphatic rings. The van der Waals surface area contributed by atoms with Crippen LogP contribution in [-0.2, 0) is 14.8 Å². The van der Waals surface area contributed by atoms with Gasteiger partial charge in [0.2, 0.25) is 10.0 Å². The van der Waals surface area contributed by atoms with Crippen molar-refractivity contribution in [1.29, 1.82) is 0 Å². The van der Waals surface area contributed by atoms with Crippen LogP contribution in [0.4, 0.5) is 4.39 Å². The number of nitrogens with zero attached hydrogens (tertiary/aromatic N) is 2. The van der Waals surface area contributed by atoms with Crippen LogP contribution >= 0.6 is 0 Å². The molecule has 2 aromatic carbocycles. The summed E-state index contributed by atoms with van der Waals surface area (Å²) in [5, 5.41) is 2.88. The molecule has 2 aromatic rings. The fourth-order valence-electron chi connectivity index (χ4n) is 3.60. The minimum absolute atomic E-state index is 0.195. The lowest BCUT2D eigenvalue weighted by molar-refractivity contribution is -0.115. The molecule has 0 saturated carbocycles. The third-order valence-electron chi connectivity index (χ3n) is 5.25. The molecule has 0 atom stereocenters. The molecule has 0 aliphatic carbocycles. The van der Waals surface area contributed by atoms with E-state index in [1.807, 2.05) is 0 Å². The summed E-state index contributed by atoms with van der Waals surface area (Å²) in [7, 11) is -2.12. The third-order valence-corrected chi connectivity index (χ3v) is 7.16. The lowest BCUT2D eigenvalue weighted by atomic mass is 10.00. The molecule has 2 aliphatic heterocycles. The number of carbonyl (C=O) groups excluding carboxylic acids is 1. The quantitative estimate of drug-likeness (QED) is 0.824. The van der Waals surface area contributed by atoms with Crippen molar-refractivity contribution in [2.75, 3.05) is 20.2 Å². The monoisotopic (exact) mass is 417 g/mol. The number of nitrogens with one attached hydrogen (secondary N) is 1. The molecule has 1 saturated heterocycles. The molecule has 0 radical (unpaired) electrons. The van der Waals surface area contributed by atoms with Gasteiger partial charge in [-0.2, -0.15) is 4.31 Å². The highest BCUT2D eigenvalue weighted by Gasteiger charge is 2.44. The van der Waals surface area contributed by atoms with Crippen LogP contribution in [0.15, 0.2) is 58.4 Å². The van der Waals surface area contributed by atoms with Gasteiger partial charge >= 0.3 is 0 Å². The van der Waals surface area contributed by atoms with E-state index in [1.165, 1.54) is 47.8 Å². The van der Waals surface area contributed by atoms with Crippen LogP contribution in [0.2, 0.25) is 0 Å². The maximum Gasteiger partial charge on any atom is 0.272 e. The van der Waals surface area contributed by atoms with Crippen LogP contribution < -0.4 is 10.1 Å². The first kappa shape index (κ1) is 19.5. The van der Waals surface area contributed by atoms with Crippen molar-refractivity contribution in [1.82, 2.24) is 9.62 Å². The standard InChI is InChI=1S/C20H20FN3O4S/c1-28-16-6-8-17(9-7-16)29(26,27)24-12-10-20(11-13-24)22-18(19(25)23-20)14-2-4-15(21)5-3-14/h2-9H,10-13H2,1H3,(H,23,25). The molecule has 0 bridgehead atoms. The average Bonchev–Trinajstić information content (AvgIpc) is 3.04. The van der Waals surface area contributed by atoms with Crippen LogP contribution in [-0.4, -0.2) is 50.2 Å². The van der Waals surface area contributed by atoms with Crippen molar-refractivity contribution in [3.8, 4) is 5.75 Å². The predicted octanol–water partition coefficient (Wildman–Crippen LogP) is 1.93. The Hall–Kier alpha value is -2.78. The molecule has 1 spiro atoms. The number of benzene rings is 2. The number of hydrogen-bond donors (Lipinski definition) is 1. The molecule has 1 N–H and O–H groups in total. The largest absolute Gasteiger partial charge is 0.497 e. The van der Waals surface area contributed by atoms with E-state index in [0.717, 1.165) is 0 Å². The third kappa shape index (κ3) is 3.63. The van der Waals surface area contributed by atoms with E-state index >= 15 is 0 Å². The van der Waals surface area contributed by atoms with E-state index < -0.39 is 15.7 Å². The number of methoxy groups -OCH3 is 1. The van der Waals surface area contributed by atoms with Gasteiger partial charge in [0.15, 0.2) is 0 Å². The normalized spacial score (nSPS) is 19.1. The number of amides is 1. The van der Waals surface area contributed by atoms with Crippen LogP contribution in [0.25, 0.3) is 0 Å². The van der Waals surface area contributed by atoms with Crippen LogP contribution in [0.3, 0.4) is 0 Å². The molecule has 9 heteroatoms. The fraction of sp³-hybridized carbons (Fsp3) is 0.300. The highest BCUT2D eigenvalue weighted by atomic mass is 32.2. The molecule has 4 rings (SSSR count). The van der Waals surface area contributed by atoms with Crippen LogP contribution in [0, 0.1) is 5.82 Å². The Labute approximate surface area is 168 Å². The van der Waals surface area contributed by atoms with Gasteiger partial charge in [0.25, 0.3) is 5.91 Å². The Morgan fingerprint density at radius 3 is 2.28 bits per heavy atom. The van der Waals surface area contributed by atoms with Gasteiger partial charge in [-0.15, -0.1) is 0 Å². The van der Waals surface area contributed by atoms with Crippen molar-refractivity contribution >= 4 is 21.6 Å². The van der Waals surface area contributed by atoms with Crippen molar-refractivity contribution in [3.05, 3.63) is 59.9 Å². The minimum Gasteiger partial charge on any atom is -0.497 e. The van der Waals surface area contributed by atoms with Crippen molar-refractivity contribution < 1.29 is 22.3 Å². The van der Waals surface area contributed by atoms with Crippen molar-refractivity contribution in [2.24, 2.45) is 4.99 Å². The number of aliphatic imine (C=N–C) groups is 1. The number of ether oxygens (including phenoxy) is 1. The molecule has 0 aromatic heterocycles. The Bertz CT molecular complexity index is 1060.